The van der Waals surface area contributed by atoms with Gasteiger partial charge >= 0.3 is 0 Å². The fourth-order valence-electron chi connectivity index (χ4n) is 4.79. The topological polar surface area (TPSA) is 74.3 Å². The van der Waals surface area contributed by atoms with Crippen LogP contribution in [0.25, 0.3) is 17.0 Å². The van der Waals surface area contributed by atoms with E-state index in [-0.39, 0.29) is 34.0 Å². The van der Waals surface area contributed by atoms with Gasteiger partial charge in [0, 0.05) is 52.3 Å². The fraction of sp³-hybridized carbons (Fsp3) is 0.385. The molecular weight excluding hydrogens is 469 g/mol. The van der Waals surface area contributed by atoms with Crippen molar-refractivity contribution in [2.75, 3.05) is 6.61 Å². The van der Waals surface area contributed by atoms with Crippen LogP contribution in [0.5, 0.6) is 0 Å². The van der Waals surface area contributed by atoms with Crippen molar-refractivity contribution < 1.29 is 9.13 Å². The lowest BCUT2D eigenvalue weighted by atomic mass is 9.90. The second kappa shape index (κ2) is 8.53. The van der Waals surface area contributed by atoms with Crippen LogP contribution in [0.2, 0.25) is 5.02 Å². The quantitative estimate of drug-likeness (QED) is 0.384. The van der Waals surface area contributed by atoms with Crippen molar-refractivity contribution >= 4 is 17.2 Å². The van der Waals surface area contributed by atoms with Gasteiger partial charge in [0.15, 0.2) is 5.82 Å². The standard InChI is InChI=1S/C26H25ClFN5O2/c1-14-15(2)30-24-11-22(31-25(33(24)26(14)34)20-6-3-18(27)10-21(20)28)16-7-8-35-23(9-16)17-12-29-32(13-17)19-4-5-19/h3,6,10-13,16,19,23H,4-5,7-9H2,1-2H3/t16-,23+/m0/s1. The summed E-state index contributed by atoms with van der Waals surface area (Å²) in [4.78, 5) is 22.7. The maximum Gasteiger partial charge on any atom is 0.262 e. The first kappa shape index (κ1) is 22.4. The van der Waals surface area contributed by atoms with Gasteiger partial charge in [0.1, 0.15) is 11.5 Å². The molecule has 6 rings (SSSR count). The van der Waals surface area contributed by atoms with E-state index in [4.69, 9.17) is 21.3 Å². The third-order valence-electron chi connectivity index (χ3n) is 7.09. The molecule has 1 aliphatic heterocycles. The summed E-state index contributed by atoms with van der Waals surface area (Å²) >= 11 is 5.99. The molecule has 3 aromatic heterocycles. The average Bonchev–Trinajstić information content (AvgIpc) is 3.58. The molecule has 2 fully saturated rings. The molecule has 1 aromatic carbocycles. The highest BCUT2D eigenvalue weighted by atomic mass is 35.5. The second-order valence-electron chi connectivity index (χ2n) is 9.52. The van der Waals surface area contributed by atoms with Crippen LogP contribution in [-0.4, -0.2) is 30.8 Å². The molecule has 0 spiro atoms. The monoisotopic (exact) mass is 493 g/mol. The Bertz CT molecular complexity index is 1510. The molecule has 0 unspecified atom stereocenters. The Balaban J connectivity index is 1.45. The van der Waals surface area contributed by atoms with Gasteiger partial charge in [0.25, 0.3) is 5.56 Å². The highest BCUT2D eigenvalue weighted by Gasteiger charge is 2.30. The summed E-state index contributed by atoms with van der Waals surface area (Å²) in [6.45, 7) is 4.11. The summed E-state index contributed by atoms with van der Waals surface area (Å²) in [7, 11) is 0. The lowest BCUT2D eigenvalue weighted by Gasteiger charge is -2.29. The molecule has 4 heterocycles. The summed E-state index contributed by atoms with van der Waals surface area (Å²) in [5, 5.41) is 4.79. The first-order chi connectivity index (χ1) is 16.9. The molecule has 0 radical (unpaired) electrons. The zero-order valence-corrected chi connectivity index (χ0v) is 20.3. The van der Waals surface area contributed by atoms with Crippen molar-refractivity contribution in [1.29, 1.82) is 0 Å². The highest BCUT2D eigenvalue weighted by molar-refractivity contribution is 6.30. The van der Waals surface area contributed by atoms with E-state index in [1.807, 2.05) is 16.9 Å². The maximum absolute atomic E-state index is 15.0. The molecule has 35 heavy (non-hydrogen) atoms. The van der Waals surface area contributed by atoms with Gasteiger partial charge in [-0.05, 0) is 57.7 Å². The second-order valence-corrected chi connectivity index (χ2v) is 9.95. The van der Waals surface area contributed by atoms with Crippen LogP contribution in [-0.2, 0) is 4.74 Å². The van der Waals surface area contributed by atoms with Crippen LogP contribution < -0.4 is 5.56 Å². The number of rotatable bonds is 4. The van der Waals surface area contributed by atoms with Crippen molar-refractivity contribution in [3.63, 3.8) is 0 Å². The molecule has 0 amide bonds. The largest absolute Gasteiger partial charge is 0.373 e. The molecule has 0 N–H and O–H groups in total. The van der Waals surface area contributed by atoms with E-state index < -0.39 is 5.82 Å². The van der Waals surface area contributed by atoms with Crippen LogP contribution >= 0.6 is 11.6 Å². The van der Waals surface area contributed by atoms with Crippen LogP contribution in [0.3, 0.4) is 0 Å². The van der Waals surface area contributed by atoms with E-state index in [1.165, 1.54) is 23.3 Å². The lowest BCUT2D eigenvalue weighted by Crippen LogP contribution is -2.24. The Morgan fingerprint density at radius 2 is 1.97 bits per heavy atom. The number of ether oxygens (including phenoxy) is 1. The summed E-state index contributed by atoms with van der Waals surface area (Å²) in [6.07, 6.45) is 7.72. The molecule has 9 heteroatoms. The van der Waals surface area contributed by atoms with E-state index in [0.29, 0.717) is 29.6 Å². The molecular formula is C26H25ClFN5O2. The molecule has 4 aromatic rings. The maximum atomic E-state index is 15.0. The van der Waals surface area contributed by atoms with Crippen molar-refractivity contribution in [1.82, 2.24) is 24.1 Å². The Kier molecular flexibility index (Phi) is 5.45. The molecule has 7 nitrogen and oxygen atoms in total. The first-order valence-electron chi connectivity index (χ1n) is 11.9. The van der Waals surface area contributed by atoms with Gasteiger partial charge in [-0.15, -0.1) is 0 Å². The number of fused-ring (bicyclic) bond motifs is 1. The SMILES string of the molecule is Cc1nc2cc([C@H]3CCO[C@@H](c4cnn(C5CC5)c4)C3)nc(-c3ccc(Cl)cc3F)n2c(=O)c1C. The van der Waals surface area contributed by atoms with Crippen molar-refractivity contribution in [3.05, 3.63) is 80.4 Å². The highest BCUT2D eigenvalue weighted by Crippen LogP contribution is 2.40. The summed E-state index contributed by atoms with van der Waals surface area (Å²) in [5.74, 6) is -0.238. The number of halogens is 2. The third kappa shape index (κ3) is 4.04. The van der Waals surface area contributed by atoms with Crippen LogP contribution in [0.15, 0.2) is 41.5 Å². The van der Waals surface area contributed by atoms with Gasteiger partial charge in [-0.2, -0.15) is 5.10 Å². The van der Waals surface area contributed by atoms with Crippen LogP contribution in [0, 0.1) is 19.7 Å². The molecule has 0 bridgehead atoms. The molecule has 1 aliphatic carbocycles. The van der Waals surface area contributed by atoms with Gasteiger partial charge in [-0.3, -0.25) is 9.48 Å². The van der Waals surface area contributed by atoms with Gasteiger partial charge < -0.3 is 4.74 Å². The van der Waals surface area contributed by atoms with Crippen LogP contribution in [0.4, 0.5) is 4.39 Å². The van der Waals surface area contributed by atoms with Gasteiger partial charge in [0.2, 0.25) is 0 Å². The predicted octanol–water partition coefficient (Wildman–Crippen LogP) is 5.33. The van der Waals surface area contributed by atoms with Gasteiger partial charge in [0.05, 0.1) is 23.9 Å². The number of aromatic nitrogens is 5. The Hall–Kier alpha value is -3.10. The van der Waals surface area contributed by atoms with E-state index >= 15 is 4.39 Å². The Morgan fingerprint density at radius 1 is 1.14 bits per heavy atom. The Labute approximate surface area is 206 Å². The third-order valence-corrected chi connectivity index (χ3v) is 7.33. The first-order valence-corrected chi connectivity index (χ1v) is 12.3. The Morgan fingerprint density at radius 3 is 2.74 bits per heavy atom. The van der Waals surface area contributed by atoms with Crippen molar-refractivity contribution in [2.45, 2.75) is 57.6 Å². The fourth-order valence-corrected chi connectivity index (χ4v) is 4.95. The zero-order chi connectivity index (χ0) is 24.3. The molecule has 2 aliphatic rings. The summed E-state index contributed by atoms with van der Waals surface area (Å²) in [6, 6.07) is 6.76. The molecule has 1 saturated carbocycles. The number of hydrogen-bond acceptors (Lipinski definition) is 5. The normalized spacial score (nSPS) is 20.5. The van der Waals surface area contributed by atoms with Crippen molar-refractivity contribution in [3.8, 4) is 11.4 Å². The molecule has 1 saturated heterocycles. The smallest absolute Gasteiger partial charge is 0.262 e. The number of hydrogen-bond donors (Lipinski definition) is 0. The summed E-state index contributed by atoms with van der Waals surface area (Å²) < 4.78 is 24.5. The number of aryl methyl sites for hydroxylation is 1. The zero-order valence-electron chi connectivity index (χ0n) is 19.5. The predicted molar refractivity (Wildman–Crippen MR) is 130 cm³/mol. The van der Waals surface area contributed by atoms with Crippen molar-refractivity contribution in [2.24, 2.45) is 0 Å². The minimum atomic E-state index is -0.536. The van der Waals surface area contributed by atoms with E-state index in [0.717, 1.165) is 24.1 Å². The van der Waals surface area contributed by atoms with Gasteiger partial charge in [-0.25, -0.2) is 18.8 Å². The average molecular weight is 494 g/mol. The minimum Gasteiger partial charge on any atom is -0.373 e. The number of benzene rings is 1. The van der Waals surface area contributed by atoms with E-state index in [2.05, 4.69) is 16.3 Å². The lowest BCUT2D eigenvalue weighted by molar-refractivity contribution is 0.00460. The molecule has 180 valence electrons. The van der Waals surface area contributed by atoms with E-state index in [1.54, 1.807) is 26.0 Å². The van der Waals surface area contributed by atoms with Crippen LogP contribution in [0.1, 0.15) is 66.3 Å². The molecule has 2 atom stereocenters. The van der Waals surface area contributed by atoms with Gasteiger partial charge in [-0.1, -0.05) is 11.6 Å². The number of nitrogens with zero attached hydrogens (tertiary/aromatic N) is 5. The minimum absolute atomic E-state index is 0.0654. The summed E-state index contributed by atoms with van der Waals surface area (Å²) in [5.41, 5.74) is 3.39. The van der Waals surface area contributed by atoms with E-state index in [9.17, 15) is 4.79 Å².